The molecule has 0 saturated heterocycles. The van der Waals surface area contributed by atoms with Gasteiger partial charge < -0.3 is 25.4 Å². The van der Waals surface area contributed by atoms with E-state index in [9.17, 15) is 5.11 Å². The highest BCUT2D eigenvalue weighted by Crippen LogP contribution is 2.26. The van der Waals surface area contributed by atoms with Crippen LogP contribution in [0.4, 0.5) is 0 Å². The summed E-state index contributed by atoms with van der Waals surface area (Å²) in [6.45, 7) is 0.655. The van der Waals surface area contributed by atoms with Gasteiger partial charge in [0.25, 0.3) is 0 Å². The molecule has 7 heteroatoms. The highest BCUT2D eigenvalue weighted by atomic mass is 16.5. The van der Waals surface area contributed by atoms with Gasteiger partial charge in [0.15, 0.2) is 0 Å². The predicted octanol–water partition coefficient (Wildman–Crippen LogP) is 4.69. The minimum Gasteiger partial charge on any atom is -0.473 e. The van der Waals surface area contributed by atoms with Gasteiger partial charge in [0.05, 0.1) is 18.8 Å². The number of aliphatic carboxylic acids is 2. The Morgan fingerprint density at radius 1 is 0.605 bits per heavy atom. The van der Waals surface area contributed by atoms with Crippen molar-refractivity contribution in [2.24, 2.45) is 0 Å². The van der Waals surface area contributed by atoms with Crippen LogP contribution in [0.3, 0.4) is 0 Å². The van der Waals surface area contributed by atoms with Crippen LogP contribution in [0.1, 0.15) is 34.4 Å². The first-order chi connectivity index (χ1) is 18.5. The summed E-state index contributed by atoms with van der Waals surface area (Å²) < 4.78 is 6.23. The Balaban J connectivity index is 0.000000599. The number of carboxylic acid groups (broad SMARTS) is 2. The van der Waals surface area contributed by atoms with Gasteiger partial charge in [-0.1, -0.05) is 121 Å². The SMILES string of the molecule is O=C(O)C(=O)O.OC(CNC(c1ccccc1)c1ccccc1)COC(c1ccccc1)c1ccccc1. The van der Waals surface area contributed by atoms with Crippen molar-refractivity contribution in [2.75, 3.05) is 13.2 Å². The van der Waals surface area contributed by atoms with Crippen molar-refractivity contribution in [1.29, 1.82) is 0 Å². The molecular formula is C31H31NO6. The first-order valence-electron chi connectivity index (χ1n) is 12.1. The van der Waals surface area contributed by atoms with Crippen LogP contribution in [0.2, 0.25) is 0 Å². The number of aliphatic hydroxyl groups is 1. The summed E-state index contributed by atoms with van der Waals surface area (Å²) in [6.07, 6.45) is -0.856. The van der Waals surface area contributed by atoms with Crippen LogP contribution in [0.5, 0.6) is 0 Å². The Morgan fingerprint density at radius 3 is 1.29 bits per heavy atom. The molecule has 1 atom stereocenters. The molecule has 0 fully saturated rings. The Morgan fingerprint density at radius 2 is 0.947 bits per heavy atom. The van der Waals surface area contributed by atoms with Gasteiger partial charge in [-0.3, -0.25) is 0 Å². The molecule has 0 amide bonds. The number of carboxylic acids is 2. The van der Waals surface area contributed by atoms with Crippen LogP contribution < -0.4 is 5.32 Å². The standard InChI is InChI=1S/C29H29NO2.C2H2O4/c31-27(21-30-28(23-13-5-1-6-14-23)24-15-7-2-8-16-24)22-32-29(25-17-9-3-10-18-25)26-19-11-4-12-20-26;3-1(4)2(5)6/h1-20,27-31H,21-22H2;(H,3,4)(H,5,6). The molecule has 0 aromatic heterocycles. The van der Waals surface area contributed by atoms with Crippen molar-refractivity contribution in [3.63, 3.8) is 0 Å². The van der Waals surface area contributed by atoms with Gasteiger partial charge in [-0.15, -0.1) is 0 Å². The van der Waals surface area contributed by atoms with E-state index in [1.165, 1.54) is 11.1 Å². The number of ether oxygens (including phenoxy) is 1. The molecule has 196 valence electrons. The molecule has 0 aliphatic rings. The number of rotatable bonds is 10. The monoisotopic (exact) mass is 513 g/mol. The lowest BCUT2D eigenvalue weighted by atomic mass is 9.98. The van der Waals surface area contributed by atoms with E-state index >= 15 is 0 Å². The van der Waals surface area contributed by atoms with E-state index in [0.29, 0.717) is 6.54 Å². The number of hydrogen-bond donors (Lipinski definition) is 4. The van der Waals surface area contributed by atoms with Crippen molar-refractivity contribution in [3.05, 3.63) is 144 Å². The zero-order valence-corrected chi connectivity index (χ0v) is 20.8. The van der Waals surface area contributed by atoms with Crippen LogP contribution in [0.15, 0.2) is 121 Å². The molecule has 4 rings (SSSR count). The first kappa shape index (κ1) is 28.3. The smallest absolute Gasteiger partial charge is 0.414 e. The molecule has 4 aromatic rings. The van der Waals surface area contributed by atoms with Crippen molar-refractivity contribution in [1.82, 2.24) is 5.32 Å². The van der Waals surface area contributed by atoms with E-state index < -0.39 is 18.0 Å². The molecular weight excluding hydrogens is 482 g/mol. The second-order valence-electron chi connectivity index (χ2n) is 8.46. The lowest BCUT2D eigenvalue weighted by Crippen LogP contribution is -2.34. The quantitative estimate of drug-likeness (QED) is 0.227. The molecule has 0 radical (unpaired) electrons. The molecule has 38 heavy (non-hydrogen) atoms. The van der Waals surface area contributed by atoms with Gasteiger partial charge in [-0.25, -0.2) is 9.59 Å². The Labute approximate surface area is 222 Å². The Hall–Kier alpha value is -4.30. The predicted molar refractivity (Wildman–Crippen MR) is 145 cm³/mol. The number of hydrogen-bond acceptors (Lipinski definition) is 5. The number of aliphatic hydroxyl groups excluding tert-OH is 1. The molecule has 0 aliphatic carbocycles. The van der Waals surface area contributed by atoms with Gasteiger partial charge in [-0.05, 0) is 22.3 Å². The summed E-state index contributed by atoms with van der Waals surface area (Å²) in [5, 5.41) is 29.1. The summed E-state index contributed by atoms with van der Waals surface area (Å²) in [5.74, 6) is -3.65. The van der Waals surface area contributed by atoms with Crippen molar-refractivity contribution in [3.8, 4) is 0 Å². The van der Waals surface area contributed by atoms with Crippen LogP contribution >= 0.6 is 0 Å². The molecule has 4 N–H and O–H groups in total. The minimum absolute atomic E-state index is 0.00564. The van der Waals surface area contributed by atoms with Crippen LogP contribution in [-0.4, -0.2) is 46.5 Å². The normalized spacial score (nSPS) is 11.4. The third-order valence-corrected chi connectivity index (χ3v) is 5.67. The lowest BCUT2D eigenvalue weighted by molar-refractivity contribution is -0.159. The molecule has 0 heterocycles. The fourth-order valence-electron chi connectivity index (χ4n) is 3.88. The summed E-state index contributed by atoms with van der Waals surface area (Å²) in [6, 6.07) is 40.9. The summed E-state index contributed by atoms with van der Waals surface area (Å²) in [4.78, 5) is 18.2. The largest absolute Gasteiger partial charge is 0.473 e. The highest BCUT2D eigenvalue weighted by molar-refractivity contribution is 6.27. The van der Waals surface area contributed by atoms with E-state index in [-0.39, 0.29) is 18.8 Å². The van der Waals surface area contributed by atoms with Gasteiger partial charge in [0, 0.05) is 6.54 Å². The number of carbonyl (C=O) groups is 2. The second-order valence-corrected chi connectivity index (χ2v) is 8.46. The van der Waals surface area contributed by atoms with Gasteiger partial charge >= 0.3 is 11.9 Å². The molecule has 0 bridgehead atoms. The Kier molecular flexibility index (Phi) is 11.2. The lowest BCUT2D eigenvalue weighted by Gasteiger charge is -2.24. The fraction of sp³-hybridized carbons (Fsp3) is 0.161. The summed E-state index contributed by atoms with van der Waals surface area (Å²) >= 11 is 0. The average Bonchev–Trinajstić information content (AvgIpc) is 2.96. The Bertz CT molecular complexity index is 1060. The van der Waals surface area contributed by atoms with Crippen molar-refractivity contribution in [2.45, 2.75) is 18.2 Å². The molecule has 0 saturated carbocycles. The third-order valence-electron chi connectivity index (χ3n) is 5.67. The van der Waals surface area contributed by atoms with Crippen LogP contribution in [0.25, 0.3) is 0 Å². The topological polar surface area (TPSA) is 116 Å². The van der Waals surface area contributed by atoms with E-state index in [4.69, 9.17) is 24.5 Å². The van der Waals surface area contributed by atoms with E-state index in [1.807, 2.05) is 72.8 Å². The maximum absolute atomic E-state index is 10.7. The second kappa shape index (κ2) is 15.1. The number of benzene rings is 4. The van der Waals surface area contributed by atoms with E-state index in [0.717, 1.165) is 11.1 Å². The molecule has 7 nitrogen and oxygen atoms in total. The van der Waals surface area contributed by atoms with Crippen molar-refractivity contribution < 1.29 is 29.6 Å². The van der Waals surface area contributed by atoms with Crippen LogP contribution in [0, 0.1) is 0 Å². The van der Waals surface area contributed by atoms with E-state index in [2.05, 4.69) is 53.8 Å². The first-order valence-corrected chi connectivity index (χ1v) is 12.1. The zero-order chi connectivity index (χ0) is 27.2. The highest BCUT2D eigenvalue weighted by Gasteiger charge is 2.18. The molecule has 0 spiro atoms. The minimum atomic E-state index is -1.82. The maximum Gasteiger partial charge on any atom is 0.414 e. The van der Waals surface area contributed by atoms with E-state index in [1.54, 1.807) is 0 Å². The van der Waals surface area contributed by atoms with Gasteiger partial charge in [0.2, 0.25) is 0 Å². The fourth-order valence-corrected chi connectivity index (χ4v) is 3.88. The zero-order valence-electron chi connectivity index (χ0n) is 20.8. The summed E-state index contributed by atoms with van der Waals surface area (Å²) in [7, 11) is 0. The van der Waals surface area contributed by atoms with Gasteiger partial charge in [-0.2, -0.15) is 0 Å². The molecule has 4 aromatic carbocycles. The van der Waals surface area contributed by atoms with Crippen molar-refractivity contribution >= 4 is 11.9 Å². The molecule has 1 unspecified atom stereocenters. The number of nitrogens with one attached hydrogen (secondary N) is 1. The van der Waals surface area contributed by atoms with Gasteiger partial charge in [0.1, 0.15) is 6.10 Å². The average molecular weight is 514 g/mol. The third kappa shape index (κ3) is 8.97. The van der Waals surface area contributed by atoms with Crippen LogP contribution in [-0.2, 0) is 14.3 Å². The maximum atomic E-state index is 10.7. The summed E-state index contributed by atoms with van der Waals surface area (Å²) in [5.41, 5.74) is 4.48. The molecule has 0 aliphatic heterocycles.